The second kappa shape index (κ2) is 11.0. The number of hydrogen-bond acceptors (Lipinski definition) is 3. The largest absolute Gasteiger partial charge is 0.497 e. The number of hydrogen-bond donors (Lipinski definition) is 2. The van der Waals surface area contributed by atoms with Crippen LogP contribution < -0.4 is 15.4 Å². The summed E-state index contributed by atoms with van der Waals surface area (Å²) in [5.74, 6) is 1.74. The number of benzene rings is 1. The molecule has 1 aliphatic rings. The molecule has 1 aromatic rings. The van der Waals surface area contributed by atoms with Crippen molar-refractivity contribution < 1.29 is 4.74 Å². The van der Waals surface area contributed by atoms with Gasteiger partial charge in [-0.3, -0.25) is 4.99 Å². The standard InChI is InChI=1S/C20H34N4O/c1-21-20(23-16-17-10-12-19(25-3)13-11-17)22-14-7-15-24(2)18-8-5-4-6-9-18/h10-13,18H,4-9,14-16H2,1-3H3,(H2,21,22,23). The first kappa shape index (κ1) is 19.6. The Hall–Kier alpha value is -1.75. The van der Waals surface area contributed by atoms with Gasteiger partial charge in [0, 0.05) is 26.2 Å². The number of ether oxygens (including phenoxy) is 1. The molecule has 0 spiro atoms. The quantitative estimate of drug-likeness (QED) is 0.432. The summed E-state index contributed by atoms with van der Waals surface area (Å²) in [6.45, 7) is 2.85. The number of methoxy groups -OCH3 is 1. The molecule has 1 aromatic carbocycles. The van der Waals surface area contributed by atoms with E-state index in [1.54, 1.807) is 7.11 Å². The van der Waals surface area contributed by atoms with E-state index in [4.69, 9.17) is 4.74 Å². The summed E-state index contributed by atoms with van der Waals surface area (Å²) >= 11 is 0. The highest BCUT2D eigenvalue weighted by Crippen LogP contribution is 2.21. The molecule has 0 bridgehead atoms. The van der Waals surface area contributed by atoms with Gasteiger partial charge in [-0.25, -0.2) is 0 Å². The minimum absolute atomic E-state index is 0.756. The van der Waals surface area contributed by atoms with Gasteiger partial charge in [0.25, 0.3) is 0 Å². The molecule has 0 aromatic heterocycles. The van der Waals surface area contributed by atoms with Crippen LogP contribution in [0.4, 0.5) is 0 Å². The molecule has 0 heterocycles. The zero-order valence-electron chi connectivity index (χ0n) is 16.1. The Morgan fingerprint density at radius 1 is 1.16 bits per heavy atom. The van der Waals surface area contributed by atoms with Gasteiger partial charge in [0.2, 0.25) is 0 Å². The molecule has 0 radical (unpaired) electrons. The van der Waals surface area contributed by atoms with E-state index in [-0.39, 0.29) is 0 Å². The summed E-state index contributed by atoms with van der Waals surface area (Å²) in [5, 5.41) is 6.77. The number of rotatable bonds is 8. The summed E-state index contributed by atoms with van der Waals surface area (Å²) in [6.07, 6.45) is 8.09. The van der Waals surface area contributed by atoms with Crippen molar-refractivity contribution in [3.8, 4) is 5.75 Å². The second-order valence-corrected chi connectivity index (χ2v) is 6.83. The van der Waals surface area contributed by atoms with E-state index in [0.29, 0.717) is 0 Å². The lowest BCUT2D eigenvalue weighted by atomic mass is 9.94. The van der Waals surface area contributed by atoms with Gasteiger partial charge < -0.3 is 20.3 Å². The van der Waals surface area contributed by atoms with Crippen LogP contribution in [0.3, 0.4) is 0 Å². The van der Waals surface area contributed by atoms with E-state index in [1.165, 1.54) is 37.7 Å². The first-order valence-corrected chi connectivity index (χ1v) is 9.50. The van der Waals surface area contributed by atoms with Gasteiger partial charge in [-0.2, -0.15) is 0 Å². The Morgan fingerprint density at radius 3 is 2.52 bits per heavy atom. The fraction of sp³-hybridized carbons (Fsp3) is 0.650. The highest BCUT2D eigenvalue weighted by molar-refractivity contribution is 5.79. The maximum atomic E-state index is 5.18. The average Bonchev–Trinajstić information content (AvgIpc) is 2.68. The SMILES string of the molecule is CN=C(NCCCN(C)C1CCCCC1)NCc1ccc(OC)cc1. The second-order valence-electron chi connectivity index (χ2n) is 6.83. The summed E-state index contributed by atoms with van der Waals surface area (Å²) in [4.78, 5) is 6.84. The van der Waals surface area contributed by atoms with Crippen molar-refractivity contribution >= 4 is 5.96 Å². The van der Waals surface area contributed by atoms with Crippen LogP contribution in [-0.4, -0.2) is 51.2 Å². The van der Waals surface area contributed by atoms with Gasteiger partial charge in [-0.05, 0) is 50.6 Å². The van der Waals surface area contributed by atoms with Crippen LogP contribution in [0.2, 0.25) is 0 Å². The lowest BCUT2D eigenvalue weighted by Gasteiger charge is -2.31. The molecular formula is C20H34N4O. The predicted octanol–water partition coefficient (Wildman–Crippen LogP) is 3.01. The van der Waals surface area contributed by atoms with E-state index >= 15 is 0 Å². The van der Waals surface area contributed by atoms with Crippen LogP contribution >= 0.6 is 0 Å². The molecule has 2 rings (SSSR count). The van der Waals surface area contributed by atoms with Crippen molar-refractivity contribution in [1.82, 2.24) is 15.5 Å². The van der Waals surface area contributed by atoms with E-state index in [0.717, 1.165) is 43.8 Å². The highest BCUT2D eigenvalue weighted by atomic mass is 16.5. The molecule has 2 N–H and O–H groups in total. The Balaban J connectivity index is 1.62. The van der Waals surface area contributed by atoms with Gasteiger partial charge in [-0.1, -0.05) is 31.4 Å². The topological polar surface area (TPSA) is 48.9 Å². The predicted molar refractivity (Wildman–Crippen MR) is 105 cm³/mol. The van der Waals surface area contributed by atoms with Crippen LogP contribution in [-0.2, 0) is 6.54 Å². The fourth-order valence-electron chi connectivity index (χ4n) is 3.39. The first-order valence-electron chi connectivity index (χ1n) is 9.50. The first-order chi connectivity index (χ1) is 12.2. The smallest absolute Gasteiger partial charge is 0.191 e. The summed E-state index contributed by atoms with van der Waals surface area (Å²) in [7, 11) is 5.77. The minimum Gasteiger partial charge on any atom is -0.497 e. The Bertz CT molecular complexity index is 509. The van der Waals surface area contributed by atoms with Crippen LogP contribution in [0.5, 0.6) is 5.75 Å². The van der Waals surface area contributed by atoms with Gasteiger partial charge in [0.15, 0.2) is 5.96 Å². The van der Waals surface area contributed by atoms with Crippen LogP contribution in [0.25, 0.3) is 0 Å². The van der Waals surface area contributed by atoms with Crippen molar-refractivity contribution in [3.63, 3.8) is 0 Å². The molecule has 5 nitrogen and oxygen atoms in total. The third-order valence-electron chi connectivity index (χ3n) is 5.02. The maximum Gasteiger partial charge on any atom is 0.191 e. The van der Waals surface area contributed by atoms with E-state index in [9.17, 15) is 0 Å². The van der Waals surface area contributed by atoms with Crippen molar-refractivity contribution in [2.45, 2.75) is 51.1 Å². The zero-order valence-corrected chi connectivity index (χ0v) is 16.1. The van der Waals surface area contributed by atoms with Crippen LogP contribution in [0.1, 0.15) is 44.1 Å². The number of aliphatic imine (C=N–C) groups is 1. The maximum absolute atomic E-state index is 5.18. The third-order valence-corrected chi connectivity index (χ3v) is 5.02. The molecule has 1 aliphatic carbocycles. The van der Waals surface area contributed by atoms with Gasteiger partial charge in [-0.15, -0.1) is 0 Å². The fourth-order valence-corrected chi connectivity index (χ4v) is 3.39. The third kappa shape index (κ3) is 6.94. The van der Waals surface area contributed by atoms with Crippen molar-refractivity contribution in [2.24, 2.45) is 4.99 Å². The van der Waals surface area contributed by atoms with Crippen molar-refractivity contribution in [2.75, 3.05) is 34.3 Å². The van der Waals surface area contributed by atoms with Crippen LogP contribution in [0.15, 0.2) is 29.3 Å². The van der Waals surface area contributed by atoms with Crippen molar-refractivity contribution in [3.05, 3.63) is 29.8 Å². The van der Waals surface area contributed by atoms with Gasteiger partial charge >= 0.3 is 0 Å². The lowest BCUT2D eigenvalue weighted by Crippen LogP contribution is -2.39. The number of nitrogens with one attached hydrogen (secondary N) is 2. The Labute approximate surface area is 152 Å². The summed E-state index contributed by atoms with van der Waals surface area (Å²) in [6, 6.07) is 8.89. The van der Waals surface area contributed by atoms with E-state index in [2.05, 4.69) is 39.7 Å². The molecule has 1 saturated carbocycles. The molecule has 0 amide bonds. The Kier molecular flexibility index (Phi) is 8.60. The summed E-state index contributed by atoms with van der Waals surface area (Å²) < 4.78 is 5.18. The molecule has 1 fully saturated rings. The van der Waals surface area contributed by atoms with Crippen molar-refractivity contribution in [1.29, 1.82) is 0 Å². The lowest BCUT2D eigenvalue weighted by molar-refractivity contribution is 0.190. The zero-order chi connectivity index (χ0) is 17.9. The summed E-state index contributed by atoms with van der Waals surface area (Å²) in [5.41, 5.74) is 1.21. The minimum atomic E-state index is 0.756. The molecule has 0 unspecified atom stereocenters. The molecular weight excluding hydrogens is 312 g/mol. The van der Waals surface area contributed by atoms with Gasteiger partial charge in [0.1, 0.15) is 5.75 Å². The molecule has 0 aliphatic heterocycles. The Morgan fingerprint density at radius 2 is 1.88 bits per heavy atom. The van der Waals surface area contributed by atoms with E-state index in [1.807, 2.05) is 19.2 Å². The highest BCUT2D eigenvalue weighted by Gasteiger charge is 2.17. The average molecular weight is 347 g/mol. The van der Waals surface area contributed by atoms with Gasteiger partial charge in [0.05, 0.1) is 7.11 Å². The molecule has 0 saturated heterocycles. The molecule has 140 valence electrons. The molecule has 0 atom stereocenters. The van der Waals surface area contributed by atoms with Crippen LogP contribution in [0, 0.1) is 0 Å². The van der Waals surface area contributed by atoms with E-state index < -0.39 is 0 Å². The number of guanidine groups is 1. The molecule has 25 heavy (non-hydrogen) atoms. The molecule has 5 heteroatoms. The number of nitrogens with zero attached hydrogens (tertiary/aromatic N) is 2. The normalized spacial score (nSPS) is 16.1. The monoisotopic (exact) mass is 346 g/mol.